The number of hydrogen-bond acceptors (Lipinski definition) is 4. The van der Waals surface area contributed by atoms with Crippen LogP contribution >= 0.6 is 22.7 Å². The third-order valence-electron chi connectivity index (χ3n) is 31.8. The van der Waals surface area contributed by atoms with E-state index in [0.29, 0.717) is 0 Å². The summed E-state index contributed by atoms with van der Waals surface area (Å²) in [6, 6.07) is 175. The van der Waals surface area contributed by atoms with Crippen LogP contribution in [-0.2, 0) is 32.5 Å². The van der Waals surface area contributed by atoms with Crippen LogP contribution in [0.5, 0.6) is 0 Å². The van der Waals surface area contributed by atoms with Gasteiger partial charge in [0.1, 0.15) is 0 Å². The Bertz CT molecular complexity index is 8580. The molecule has 20 aromatic carbocycles. The summed E-state index contributed by atoms with van der Waals surface area (Å²) in [6.45, 7) is 14.3. The Morgan fingerprint density at radius 2 is 0.397 bits per heavy atom. The van der Waals surface area contributed by atoms with Gasteiger partial charge in [-0.2, -0.15) is 0 Å². The van der Waals surface area contributed by atoms with E-state index < -0.39 is 16.2 Å². The smallest absolute Gasteiger partial charge is 0.0720 e. The van der Waals surface area contributed by atoms with E-state index in [1.807, 2.05) is 22.7 Å². The summed E-state index contributed by atoms with van der Waals surface area (Å²) in [5.74, 6) is 0. The van der Waals surface area contributed by atoms with Gasteiger partial charge in [0.25, 0.3) is 0 Å². The summed E-state index contributed by atoms with van der Waals surface area (Å²) in [5.41, 5.74) is 44.1. The molecule has 0 unspecified atom stereocenters. The summed E-state index contributed by atoms with van der Waals surface area (Å²) >= 11 is 3.75. The second-order valence-electron chi connectivity index (χ2n) is 39.5. The maximum absolute atomic E-state index is 2.54. The van der Waals surface area contributed by atoms with Crippen LogP contribution in [0.15, 0.2) is 461 Å². The molecule has 2 nitrogen and oxygen atoms in total. The second-order valence-corrected chi connectivity index (χ2v) is 41.7. The number of nitrogens with zero attached hydrogens (tertiary/aromatic N) is 2. The number of benzene rings is 20. The molecule has 28 rings (SSSR count). The van der Waals surface area contributed by atoms with Gasteiger partial charge in [0.05, 0.1) is 16.2 Å². The molecule has 6 aliphatic carbocycles. The van der Waals surface area contributed by atoms with Crippen LogP contribution in [-0.4, -0.2) is 0 Å². The molecule has 4 heteroatoms. The summed E-state index contributed by atoms with van der Waals surface area (Å²) < 4.78 is 5.30. The molecule has 644 valence electrons. The SMILES string of the molecule is CC1(C)c2ccccc2-c2ccc(N(c3ccc(-c4ccc5c(c4)sc4ccccc45)cc3)c3ccc4c(c3)C3(c5ccccc5-4)c4ccccc4C(C)(C)c4ccccc43)cc21.CC1(C)c2ccccc2-c2ccc(N(c3ccc(-c4ccc5c(c4)sc4ccccc45)cc3)c3ccc4c(c3)C3(c5ccccc5-4)c4ccccc4C(c4ccccc4)(c4ccccc4)c4ccccc43)cc21. The summed E-state index contributed by atoms with van der Waals surface area (Å²) in [6.07, 6.45) is 0. The molecule has 2 heterocycles. The van der Waals surface area contributed by atoms with Gasteiger partial charge in [-0.25, -0.2) is 0 Å². The minimum Gasteiger partial charge on any atom is -0.310 e. The van der Waals surface area contributed by atoms with Gasteiger partial charge in [0.2, 0.25) is 0 Å². The minimum absolute atomic E-state index is 0.130. The van der Waals surface area contributed by atoms with E-state index in [9.17, 15) is 0 Å². The largest absolute Gasteiger partial charge is 0.310 e. The Morgan fingerprint density at radius 1 is 0.154 bits per heavy atom. The van der Waals surface area contributed by atoms with Crippen molar-refractivity contribution in [1.29, 1.82) is 0 Å². The van der Waals surface area contributed by atoms with Crippen LogP contribution < -0.4 is 9.80 Å². The highest BCUT2D eigenvalue weighted by molar-refractivity contribution is 7.26. The second kappa shape index (κ2) is 30.0. The maximum atomic E-state index is 2.54. The van der Waals surface area contributed by atoms with E-state index >= 15 is 0 Å². The molecule has 0 radical (unpaired) electrons. The Morgan fingerprint density at radius 3 is 0.765 bits per heavy atom. The first kappa shape index (κ1) is 80.1. The molecule has 0 fully saturated rings. The highest BCUT2D eigenvalue weighted by atomic mass is 32.1. The molecule has 0 bridgehead atoms. The molecule has 0 amide bonds. The molecule has 6 aliphatic rings. The van der Waals surface area contributed by atoms with Crippen LogP contribution in [0.25, 0.3) is 107 Å². The van der Waals surface area contributed by atoms with Crippen molar-refractivity contribution >= 4 is 97.1 Å². The number of fused-ring (bicyclic) bond motifs is 30. The standard InChI is InChI=1S/C71H49NS.C61H45NS/c1-69(2)59-26-12-9-23-53(59)55-41-38-51(44-65(55)69)72(50-36-33-46(34-37-50)47-35-40-58-57-25-11-18-32-67(57)73-68(58)43-47)52-39-42-56-54-24-10-13-27-60(54)71(66(56)45-52)63-30-16-14-28-61(63)70(48-19-5-3-6-20-48,49-21-7-4-8-22-49)62-29-15-17-31-64(62)71;1-59(2)49-18-8-5-15-43(49)45-33-30-41(36-55(45)59)62(40-28-25-38(26-29-40)39-27-32-48-47-17-7-14-24-57(47)63-58(48)35-39)42-31-34-46-44-16-6-9-19-50(44)61(56(46)37-42)53-22-12-10-20-51(53)60(3,4)52-21-11-13-23-54(52)61/h3-45H,1-2H3;5-37H,1-4H3. The van der Waals surface area contributed by atoms with E-state index in [0.717, 1.165) is 34.1 Å². The first-order chi connectivity index (χ1) is 66.7. The average Bonchev–Trinajstić information content (AvgIpc) is 1.52. The fourth-order valence-corrected chi connectivity index (χ4v) is 28.0. The lowest BCUT2D eigenvalue weighted by molar-refractivity contribution is 0.563. The molecular weight excluding hydrogens is 1680 g/mol. The molecule has 0 aliphatic heterocycles. The topological polar surface area (TPSA) is 6.48 Å². The van der Waals surface area contributed by atoms with Gasteiger partial charge in [-0.15, -0.1) is 22.7 Å². The Labute approximate surface area is 802 Å². The molecule has 2 spiro atoms. The lowest BCUT2D eigenvalue weighted by atomic mass is 9.51. The van der Waals surface area contributed by atoms with E-state index in [1.54, 1.807) is 0 Å². The average molecular weight is 1770 g/mol. The molecular formula is C132H94N2S2. The summed E-state index contributed by atoms with van der Waals surface area (Å²) in [4.78, 5) is 5.01. The molecule has 2 aromatic heterocycles. The zero-order chi connectivity index (χ0) is 90.7. The number of hydrogen-bond donors (Lipinski definition) is 0. The lowest BCUT2D eigenvalue weighted by Gasteiger charge is -2.50. The highest BCUT2D eigenvalue weighted by Gasteiger charge is 2.58. The molecule has 0 N–H and O–H groups in total. The fourth-order valence-electron chi connectivity index (χ4n) is 25.7. The van der Waals surface area contributed by atoms with Crippen LogP contribution in [0.1, 0.15) is 142 Å². The van der Waals surface area contributed by atoms with Crippen LogP contribution in [0, 0.1) is 0 Å². The molecule has 0 saturated heterocycles. The number of thiophene rings is 2. The maximum Gasteiger partial charge on any atom is 0.0720 e. The minimum atomic E-state index is -0.621. The van der Waals surface area contributed by atoms with Crippen molar-refractivity contribution in [3.05, 3.63) is 561 Å². The Kier molecular flexibility index (Phi) is 17.7. The van der Waals surface area contributed by atoms with Gasteiger partial charge < -0.3 is 9.80 Å². The van der Waals surface area contributed by atoms with E-state index in [4.69, 9.17) is 0 Å². The van der Waals surface area contributed by atoms with Crippen LogP contribution in [0.4, 0.5) is 34.1 Å². The summed E-state index contributed by atoms with van der Waals surface area (Å²) in [7, 11) is 0. The summed E-state index contributed by atoms with van der Waals surface area (Å²) in [5, 5.41) is 5.30. The highest BCUT2D eigenvalue weighted by Crippen LogP contribution is 2.68. The molecule has 136 heavy (non-hydrogen) atoms. The van der Waals surface area contributed by atoms with Crippen molar-refractivity contribution in [2.75, 3.05) is 9.80 Å². The van der Waals surface area contributed by atoms with E-state index in [1.165, 1.54) is 207 Å². The van der Waals surface area contributed by atoms with Gasteiger partial charge in [-0.3, -0.25) is 0 Å². The third kappa shape index (κ3) is 11.3. The van der Waals surface area contributed by atoms with Crippen molar-refractivity contribution < 1.29 is 0 Å². The van der Waals surface area contributed by atoms with Crippen LogP contribution in [0.2, 0.25) is 0 Å². The van der Waals surface area contributed by atoms with E-state index in [-0.39, 0.29) is 16.2 Å². The van der Waals surface area contributed by atoms with Crippen molar-refractivity contribution in [3.8, 4) is 66.8 Å². The van der Waals surface area contributed by atoms with Crippen molar-refractivity contribution in [2.45, 2.75) is 74.0 Å². The quantitative estimate of drug-likeness (QED) is 0.135. The normalized spacial score (nSPS) is 15.0. The zero-order valence-corrected chi connectivity index (χ0v) is 78.2. The van der Waals surface area contributed by atoms with Gasteiger partial charge >= 0.3 is 0 Å². The molecule has 0 saturated carbocycles. The Balaban J connectivity index is 0.000000139. The molecule has 22 aromatic rings. The first-order valence-electron chi connectivity index (χ1n) is 47.8. The van der Waals surface area contributed by atoms with Gasteiger partial charge in [-0.05, 0) is 264 Å². The van der Waals surface area contributed by atoms with Gasteiger partial charge in [0, 0.05) is 90.7 Å². The fraction of sp³-hybridized carbons (Fsp3) is 0.0909. The third-order valence-corrected chi connectivity index (χ3v) is 34.1. The number of rotatable bonds is 10. The lowest BCUT2D eigenvalue weighted by Crippen LogP contribution is -2.44. The predicted octanol–water partition coefficient (Wildman–Crippen LogP) is 35.1. The molecule has 0 atom stereocenters. The van der Waals surface area contributed by atoms with E-state index in [2.05, 4.69) is 512 Å². The van der Waals surface area contributed by atoms with Crippen molar-refractivity contribution in [2.24, 2.45) is 0 Å². The monoisotopic (exact) mass is 1770 g/mol. The van der Waals surface area contributed by atoms with Gasteiger partial charge in [-0.1, -0.05) is 406 Å². The van der Waals surface area contributed by atoms with Gasteiger partial charge in [0.15, 0.2) is 0 Å². The predicted molar refractivity (Wildman–Crippen MR) is 573 cm³/mol. The van der Waals surface area contributed by atoms with Crippen molar-refractivity contribution in [3.63, 3.8) is 0 Å². The number of anilines is 6. The first-order valence-corrected chi connectivity index (χ1v) is 49.5. The van der Waals surface area contributed by atoms with Crippen molar-refractivity contribution in [1.82, 2.24) is 0 Å². The van der Waals surface area contributed by atoms with Crippen LogP contribution in [0.3, 0.4) is 0 Å². The zero-order valence-electron chi connectivity index (χ0n) is 76.6. The Hall–Kier alpha value is -15.6.